The molecule has 0 fully saturated rings. The summed E-state index contributed by atoms with van der Waals surface area (Å²) < 4.78 is 4.55. The summed E-state index contributed by atoms with van der Waals surface area (Å²) in [6, 6.07) is 0. The largest absolute Gasteiger partial charge is 0.345 e. The second-order valence-corrected chi connectivity index (χ2v) is 2.49. The van der Waals surface area contributed by atoms with Crippen molar-refractivity contribution in [2.24, 2.45) is 5.92 Å². The molecule has 0 unspecified atom stereocenters. The molecule has 3 heteroatoms. The van der Waals surface area contributed by atoms with Gasteiger partial charge in [-0.1, -0.05) is 13.8 Å². The lowest BCUT2D eigenvalue weighted by molar-refractivity contribution is 0.392. The van der Waals surface area contributed by atoms with E-state index in [1.165, 1.54) is 0 Å². The Kier molecular flexibility index (Phi) is 1.82. The molecule has 0 spiro atoms. The molecule has 9 heavy (non-hydrogen) atoms. The molecule has 0 bridgehead atoms. The molecular formula is C6H10N2O. The van der Waals surface area contributed by atoms with Gasteiger partial charge < -0.3 is 4.52 Å². The molecule has 0 atom stereocenters. The number of hydrogen-bond acceptors (Lipinski definition) is 3. The van der Waals surface area contributed by atoms with Crippen LogP contribution in [0.3, 0.4) is 0 Å². The van der Waals surface area contributed by atoms with Gasteiger partial charge in [-0.3, -0.25) is 0 Å². The summed E-state index contributed by atoms with van der Waals surface area (Å²) in [5.74, 6) is 0.622. The van der Waals surface area contributed by atoms with Crippen molar-refractivity contribution in [1.29, 1.82) is 0 Å². The van der Waals surface area contributed by atoms with Crippen molar-refractivity contribution in [3.8, 4) is 0 Å². The Morgan fingerprint density at radius 3 is 2.89 bits per heavy atom. The fourth-order valence-electron chi connectivity index (χ4n) is 0.691. The Hall–Kier alpha value is -0.860. The molecule has 1 heterocycles. The number of rotatable bonds is 2. The molecule has 0 aliphatic carbocycles. The van der Waals surface area contributed by atoms with Crippen LogP contribution in [0, 0.1) is 5.92 Å². The third-order valence-electron chi connectivity index (χ3n) is 1.02. The van der Waals surface area contributed by atoms with Gasteiger partial charge in [-0.15, -0.1) is 5.10 Å². The van der Waals surface area contributed by atoms with E-state index in [1.807, 2.05) is 0 Å². The predicted octanol–water partition coefficient (Wildman–Crippen LogP) is 1.27. The maximum Gasteiger partial charge on any atom is 0.147 e. The highest BCUT2D eigenvalue weighted by atomic mass is 16.5. The van der Waals surface area contributed by atoms with E-state index in [1.54, 1.807) is 6.26 Å². The van der Waals surface area contributed by atoms with Crippen molar-refractivity contribution in [1.82, 2.24) is 10.4 Å². The summed E-state index contributed by atoms with van der Waals surface area (Å²) in [7, 11) is 0. The van der Waals surface area contributed by atoms with E-state index in [0.717, 1.165) is 12.1 Å². The fourth-order valence-corrected chi connectivity index (χ4v) is 0.691. The average molecular weight is 126 g/mol. The van der Waals surface area contributed by atoms with E-state index >= 15 is 0 Å². The van der Waals surface area contributed by atoms with E-state index in [4.69, 9.17) is 0 Å². The summed E-state index contributed by atoms with van der Waals surface area (Å²) in [5, 5.41) is 7.09. The van der Waals surface area contributed by atoms with Gasteiger partial charge in [0, 0.05) is 5.27 Å². The van der Waals surface area contributed by atoms with Crippen molar-refractivity contribution < 1.29 is 4.52 Å². The second kappa shape index (κ2) is 2.62. The van der Waals surface area contributed by atoms with Gasteiger partial charge in [-0.2, -0.15) is 0 Å². The van der Waals surface area contributed by atoms with Gasteiger partial charge in [-0.25, -0.2) is 0 Å². The zero-order valence-electron chi connectivity index (χ0n) is 5.66. The van der Waals surface area contributed by atoms with Crippen LogP contribution in [0.25, 0.3) is 0 Å². The van der Waals surface area contributed by atoms with E-state index in [2.05, 4.69) is 28.7 Å². The molecular weight excluding hydrogens is 116 g/mol. The van der Waals surface area contributed by atoms with E-state index in [0.29, 0.717) is 5.92 Å². The maximum absolute atomic E-state index is 4.55. The van der Waals surface area contributed by atoms with Gasteiger partial charge >= 0.3 is 0 Å². The smallest absolute Gasteiger partial charge is 0.147 e. The summed E-state index contributed by atoms with van der Waals surface area (Å²) in [6.07, 6.45) is 2.53. The minimum absolute atomic E-state index is 0.622. The highest BCUT2D eigenvalue weighted by Gasteiger charge is 1.99. The van der Waals surface area contributed by atoms with E-state index < -0.39 is 0 Å². The molecule has 0 N–H and O–H groups in total. The first kappa shape index (κ1) is 6.26. The van der Waals surface area contributed by atoms with Crippen LogP contribution < -0.4 is 0 Å². The third kappa shape index (κ3) is 1.83. The minimum Gasteiger partial charge on any atom is -0.345 e. The molecule has 0 saturated carbocycles. The lowest BCUT2D eigenvalue weighted by Crippen LogP contribution is -1.93. The van der Waals surface area contributed by atoms with Gasteiger partial charge in [0.05, 0.1) is 0 Å². The van der Waals surface area contributed by atoms with Gasteiger partial charge in [0.1, 0.15) is 12.0 Å². The normalized spacial score (nSPS) is 10.6. The van der Waals surface area contributed by atoms with E-state index in [-0.39, 0.29) is 0 Å². The molecule has 0 aliphatic rings. The van der Waals surface area contributed by atoms with Crippen LogP contribution in [0.2, 0.25) is 0 Å². The standard InChI is InChI=1S/C6H10N2O/c1-5(2)3-6-4-9-8-7-6/h4-5H,3H2,1-2H3. The predicted molar refractivity (Wildman–Crippen MR) is 32.8 cm³/mol. The SMILES string of the molecule is CC(C)Cc1conn1. The Morgan fingerprint density at radius 1 is 1.67 bits per heavy atom. The Bertz CT molecular complexity index is 158. The highest BCUT2D eigenvalue weighted by Crippen LogP contribution is 2.02. The fraction of sp³-hybridized carbons (Fsp3) is 0.667. The van der Waals surface area contributed by atoms with Crippen LogP contribution in [0.5, 0.6) is 0 Å². The zero-order valence-corrected chi connectivity index (χ0v) is 5.66. The number of hydrogen-bond donors (Lipinski definition) is 0. The van der Waals surface area contributed by atoms with Crippen molar-refractivity contribution in [2.75, 3.05) is 0 Å². The summed E-state index contributed by atoms with van der Waals surface area (Å²) in [4.78, 5) is 0. The summed E-state index contributed by atoms with van der Waals surface area (Å²) >= 11 is 0. The van der Waals surface area contributed by atoms with E-state index in [9.17, 15) is 0 Å². The van der Waals surface area contributed by atoms with Crippen LogP contribution >= 0.6 is 0 Å². The Labute approximate surface area is 54.0 Å². The quantitative estimate of drug-likeness (QED) is 0.599. The van der Waals surface area contributed by atoms with Crippen molar-refractivity contribution in [3.63, 3.8) is 0 Å². The first-order valence-electron chi connectivity index (χ1n) is 3.05. The summed E-state index contributed by atoms with van der Waals surface area (Å²) in [5.41, 5.74) is 0.935. The van der Waals surface area contributed by atoms with Crippen LogP contribution in [0.1, 0.15) is 19.5 Å². The first-order valence-corrected chi connectivity index (χ1v) is 3.05. The van der Waals surface area contributed by atoms with Crippen molar-refractivity contribution >= 4 is 0 Å². The molecule has 0 radical (unpaired) electrons. The maximum atomic E-state index is 4.55. The molecule has 1 aromatic rings. The Balaban J connectivity index is 2.48. The van der Waals surface area contributed by atoms with Crippen LogP contribution in [-0.2, 0) is 6.42 Å². The van der Waals surface area contributed by atoms with Gasteiger partial charge in [0.2, 0.25) is 0 Å². The number of aromatic nitrogens is 2. The highest BCUT2D eigenvalue weighted by molar-refractivity contribution is 4.88. The Morgan fingerprint density at radius 2 is 2.44 bits per heavy atom. The monoisotopic (exact) mass is 126 g/mol. The molecule has 0 saturated heterocycles. The summed E-state index contributed by atoms with van der Waals surface area (Å²) in [6.45, 7) is 4.27. The molecule has 3 nitrogen and oxygen atoms in total. The topological polar surface area (TPSA) is 38.9 Å². The third-order valence-corrected chi connectivity index (χ3v) is 1.02. The molecule has 0 aliphatic heterocycles. The molecule has 0 amide bonds. The zero-order chi connectivity index (χ0) is 6.69. The minimum atomic E-state index is 0.622. The van der Waals surface area contributed by atoms with Crippen molar-refractivity contribution in [3.05, 3.63) is 12.0 Å². The average Bonchev–Trinajstić information content (AvgIpc) is 2.15. The molecule has 1 rings (SSSR count). The van der Waals surface area contributed by atoms with Crippen LogP contribution in [-0.4, -0.2) is 10.4 Å². The first-order chi connectivity index (χ1) is 4.29. The van der Waals surface area contributed by atoms with Crippen LogP contribution in [0.4, 0.5) is 0 Å². The van der Waals surface area contributed by atoms with Crippen LogP contribution in [0.15, 0.2) is 10.8 Å². The second-order valence-electron chi connectivity index (χ2n) is 2.49. The van der Waals surface area contributed by atoms with Gasteiger partial charge in [0.25, 0.3) is 0 Å². The lowest BCUT2D eigenvalue weighted by atomic mass is 10.1. The lowest BCUT2D eigenvalue weighted by Gasteiger charge is -1.95. The molecule has 50 valence electrons. The number of nitrogens with zero attached hydrogens (tertiary/aromatic N) is 2. The van der Waals surface area contributed by atoms with Crippen molar-refractivity contribution in [2.45, 2.75) is 20.3 Å². The van der Waals surface area contributed by atoms with Gasteiger partial charge in [0.15, 0.2) is 0 Å². The van der Waals surface area contributed by atoms with Gasteiger partial charge in [-0.05, 0) is 12.3 Å². The molecule has 0 aromatic carbocycles. The molecule has 1 aromatic heterocycles.